The number of morpholine rings is 1. The number of rotatable bonds is 10. The molecule has 0 spiro atoms. The number of ether oxygens (including phenoxy) is 1. The van der Waals surface area contributed by atoms with Gasteiger partial charge in [-0.15, -0.1) is 0 Å². The summed E-state index contributed by atoms with van der Waals surface area (Å²) >= 11 is 0. The second-order valence-electron chi connectivity index (χ2n) is 10.0. The lowest BCUT2D eigenvalue weighted by Gasteiger charge is -2.30. The van der Waals surface area contributed by atoms with Gasteiger partial charge in [0.15, 0.2) is 0 Å². The zero-order valence-corrected chi connectivity index (χ0v) is 22.8. The van der Waals surface area contributed by atoms with Gasteiger partial charge < -0.3 is 9.64 Å². The molecule has 3 aromatic carbocycles. The number of aryl methyl sites for hydroxylation is 1. The van der Waals surface area contributed by atoms with Gasteiger partial charge in [0.05, 0.1) is 31.9 Å². The number of carbonyl (C=O) groups excluding carboxylic acids is 2. The Kier molecular flexibility index (Phi) is 9.00. The Labute approximate surface area is 235 Å². The molecular formula is C32H35N5O3. The lowest BCUT2D eigenvalue weighted by molar-refractivity contribution is -0.134. The minimum atomic E-state index is -0.290. The third-order valence-corrected chi connectivity index (χ3v) is 7.01. The molecule has 1 aliphatic heterocycles. The van der Waals surface area contributed by atoms with Crippen molar-refractivity contribution < 1.29 is 14.3 Å². The minimum absolute atomic E-state index is 0.0581. The predicted molar refractivity (Wildman–Crippen MR) is 156 cm³/mol. The molecule has 5 rings (SSSR count). The fourth-order valence-corrected chi connectivity index (χ4v) is 4.72. The maximum Gasteiger partial charge on any atom is 0.246 e. The molecule has 206 valence electrons. The van der Waals surface area contributed by atoms with E-state index in [4.69, 9.17) is 9.72 Å². The molecule has 40 heavy (non-hydrogen) atoms. The van der Waals surface area contributed by atoms with Gasteiger partial charge in [-0.3, -0.25) is 24.4 Å². The van der Waals surface area contributed by atoms with Gasteiger partial charge >= 0.3 is 0 Å². The third-order valence-electron chi connectivity index (χ3n) is 7.01. The van der Waals surface area contributed by atoms with Crippen molar-refractivity contribution in [3.63, 3.8) is 0 Å². The number of nitrogens with zero attached hydrogens (tertiary/aromatic N) is 4. The van der Waals surface area contributed by atoms with Crippen molar-refractivity contribution in [3.8, 4) is 16.9 Å². The Hall–Kier alpha value is -4.27. The number of anilines is 1. The van der Waals surface area contributed by atoms with Crippen molar-refractivity contribution in [1.82, 2.24) is 19.4 Å². The first-order valence-corrected chi connectivity index (χ1v) is 13.7. The molecule has 2 amide bonds. The van der Waals surface area contributed by atoms with E-state index in [1.807, 2.05) is 103 Å². The molecule has 1 aliphatic rings. The van der Waals surface area contributed by atoms with Crippen molar-refractivity contribution in [2.45, 2.75) is 13.3 Å². The first-order valence-electron chi connectivity index (χ1n) is 13.7. The van der Waals surface area contributed by atoms with Crippen LogP contribution in [0.3, 0.4) is 0 Å². The molecule has 1 fully saturated rings. The van der Waals surface area contributed by atoms with Gasteiger partial charge in [0.1, 0.15) is 0 Å². The van der Waals surface area contributed by atoms with Crippen LogP contribution in [0, 0.1) is 6.92 Å². The number of imidazole rings is 1. The molecule has 4 aromatic rings. The summed E-state index contributed by atoms with van der Waals surface area (Å²) in [5.41, 5.74) is 4.66. The summed E-state index contributed by atoms with van der Waals surface area (Å²) in [6, 6.07) is 27.5. The SMILES string of the molecule is Cc1ccc(-n2cc(-c3ccccc3)nc2NC(=O)CN(CCN2CCOCC2)C(=O)Cc2ccccc2)cc1. The van der Waals surface area contributed by atoms with E-state index < -0.39 is 0 Å². The monoisotopic (exact) mass is 537 g/mol. The first kappa shape index (κ1) is 27.3. The van der Waals surface area contributed by atoms with Crippen LogP contribution in [0.1, 0.15) is 11.1 Å². The van der Waals surface area contributed by atoms with Crippen LogP contribution < -0.4 is 5.32 Å². The Bertz CT molecular complexity index is 1400. The second-order valence-corrected chi connectivity index (χ2v) is 10.0. The lowest BCUT2D eigenvalue weighted by atomic mass is 10.1. The summed E-state index contributed by atoms with van der Waals surface area (Å²) in [5, 5.41) is 2.99. The van der Waals surface area contributed by atoms with E-state index in [9.17, 15) is 9.59 Å². The van der Waals surface area contributed by atoms with Gasteiger partial charge in [-0.2, -0.15) is 0 Å². The molecule has 0 bridgehead atoms. The Morgan fingerprint density at radius 1 is 0.925 bits per heavy atom. The van der Waals surface area contributed by atoms with Crippen molar-refractivity contribution in [2.24, 2.45) is 0 Å². The van der Waals surface area contributed by atoms with E-state index in [2.05, 4.69) is 10.2 Å². The molecular weight excluding hydrogens is 502 g/mol. The van der Waals surface area contributed by atoms with Gasteiger partial charge in [-0.05, 0) is 24.6 Å². The molecule has 1 aromatic heterocycles. The van der Waals surface area contributed by atoms with Gasteiger partial charge in [0, 0.05) is 43.6 Å². The highest BCUT2D eigenvalue weighted by molar-refractivity contribution is 5.94. The van der Waals surface area contributed by atoms with E-state index in [0.717, 1.165) is 41.2 Å². The molecule has 1 saturated heterocycles. The summed E-state index contributed by atoms with van der Waals surface area (Å²) in [6.45, 7) is 6.14. The number of benzene rings is 3. The number of hydrogen-bond donors (Lipinski definition) is 1. The largest absolute Gasteiger partial charge is 0.379 e. The summed E-state index contributed by atoms with van der Waals surface area (Å²) in [7, 11) is 0. The van der Waals surface area contributed by atoms with Crippen molar-refractivity contribution in [1.29, 1.82) is 0 Å². The highest BCUT2D eigenvalue weighted by atomic mass is 16.5. The van der Waals surface area contributed by atoms with E-state index in [1.165, 1.54) is 0 Å². The van der Waals surface area contributed by atoms with Crippen molar-refractivity contribution in [3.05, 3.63) is 102 Å². The number of amides is 2. The molecule has 8 nitrogen and oxygen atoms in total. The zero-order chi connectivity index (χ0) is 27.7. The normalized spacial score (nSPS) is 13.6. The van der Waals surface area contributed by atoms with Gasteiger partial charge in [0.2, 0.25) is 17.8 Å². The van der Waals surface area contributed by atoms with Crippen LogP contribution in [0.5, 0.6) is 0 Å². The predicted octanol–water partition coefficient (Wildman–Crippen LogP) is 4.19. The Morgan fingerprint density at radius 2 is 1.60 bits per heavy atom. The summed E-state index contributed by atoms with van der Waals surface area (Å²) < 4.78 is 7.33. The third kappa shape index (κ3) is 7.22. The quantitative estimate of drug-likeness (QED) is 0.328. The van der Waals surface area contributed by atoms with Crippen LogP contribution in [-0.2, 0) is 20.7 Å². The Morgan fingerprint density at radius 3 is 2.30 bits per heavy atom. The highest BCUT2D eigenvalue weighted by Gasteiger charge is 2.21. The highest BCUT2D eigenvalue weighted by Crippen LogP contribution is 2.24. The average Bonchev–Trinajstić information content (AvgIpc) is 3.40. The molecule has 0 unspecified atom stereocenters. The van der Waals surface area contributed by atoms with Gasteiger partial charge in [-0.25, -0.2) is 4.98 Å². The molecule has 0 aliphatic carbocycles. The fraction of sp³-hybridized carbons (Fsp3) is 0.281. The number of carbonyl (C=O) groups is 2. The maximum absolute atomic E-state index is 13.4. The van der Waals surface area contributed by atoms with Crippen molar-refractivity contribution in [2.75, 3.05) is 51.3 Å². The van der Waals surface area contributed by atoms with Crippen molar-refractivity contribution >= 4 is 17.8 Å². The summed E-state index contributed by atoms with van der Waals surface area (Å²) in [4.78, 5) is 35.5. The van der Waals surface area contributed by atoms with Crippen LogP contribution in [0.2, 0.25) is 0 Å². The fourth-order valence-electron chi connectivity index (χ4n) is 4.72. The van der Waals surface area contributed by atoms with E-state index in [1.54, 1.807) is 4.90 Å². The number of hydrogen-bond acceptors (Lipinski definition) is 5. The Balaban J connectivity index is 1.35. The van der Waals surface area contributed by atoms with Crippen LogP contribution in [0.25, 0.3) is 16.9 Å². The zero-order valence-electron chi connectivity index (χ0n) is 22.8. The van der Waals surface area contributed by atoms with Crippen LogP contribution in [0.4, 0.5) is 5.95 Å². The summed E-state index contributed by atoms with van der Waals surface area (Å²) in [6.07, 6.45) is 2.17. The molecule has 8 heteroatoms. The van der Waals surface area contributed by atoms with Crippen LogP contribution in [-0.4, -0.2) is 77.1 Å². The van der Waals surface area contributed by atoms with Crippen LogP contribution >= 0.6 is 0 Å². The molecule has 0 atom stereocenters. The molecule has 2 heterocycles. The van der Waals surface area contributed by atoms with Crippen LogP contribution in [0.15, 0.2) is 91.1 Å². The smallest absolute Gasteiger partial charge is 0.246 e. The van der Waals surface area contributed by atoms with E-state index in [-0.39, 0.29) is 24.8 Å². The first-order chi connectivity index (χ1) is 19.5. The van der Waals surface area contributed by atoms with Gasteiger partial charge in [-0.1, -0.05) is 78.4 Å². The molecule has 0 radical (unpaired) electrons. The molecule has 1 N–H and O–H groups in total. The number of nitrogens with one attached hydrogen (secondary N) is 1. The maximum atomic E-state index is 13.4. The summed E-state index contributed by atoms with van der Waals surface area (Å²) in [5.74, 6) is 0.0415. The van der Waals surface area contributed by atoms with Gasteiger partial charge in [0.25, 0.3) is 0 Å². The lowest BCUT2D eigenvalue weighted by Crippen LogP contribution is -2.45. The molecule has 0 saturated carbocycles. The van der Waals surface area contributed by atoms with E-state index in [0.29, 0.717) is 32.3 Å². The number of aromatic nitrogens is 2. The van der Waals surface area contributed by atoms with E-state index >= 15 is 0 Å². The standard InChI is InChI=1S/C32H35N5O3/c1-25-12-14-28(15-13-25)37-23-29(27-10-6-3-7-11-27)33-32(37)34-30(38)24-36(17-16-35-18-20-40-21-19-35)31(39)22-26-8-4-2-5-9-26/h2-15,23H,16-22,24H2,1H3,(H,33,34,38). The topological polar surface area (TPSA) is 79.7 Å². The average molecular weight is 538 g/mol. The minimum Gasteiger partial charge on any atom is -0.379 e. The second kappa shape index (κ2) is 13.2.